The SMILES string of the molecule is CC.CC1CCC2C1C2(F)F. The summed E-state index contributed by atoms with van der Waals surface area (Å²) in [4.78, 5) is 0. The second-order valence-corrected chi connectivity index (χ2v) is 3.36. The molecule has 2 heteroatoms. The zero-order chi connectivity index (χ0) is 8.65. The molecule has 66 valence electrons. The van der Waals surface area contributed by atoms with Crippen LogP contribution in [0.15, 0.2) is 0 Å². The van der Waals surface area contributed by atoms with Crippen LogP contribution in [-0.2, 0) is 0 Å². The van der Waals surface area contributed by atoms with Crippen molar-refractivity contribution in [3.63, 3.8) is 0 Å². The molecule has 2 aliphatic carbocycles. The van der Waals surface area contributed by atoms with E-state index >= 15 is 0 Å². The van der Waals surface area contributed by atoms with Crippen LogP contribution in [0.2, 0.25) is 0 Å². The lowest BCUT2D eigenvalue weighted by Crippen LogP contribution is -2.05. The molecule has 2 aliphatic rings. The van der Waals surface area contributed by atoms with Crippen molar-refractivity contribution in [2.24, 2.45) is 17.8 Å². The molecule has 2 rings (SSSR count). The number of fused-ring (bicyclic) bond motifs is 1. The van der Waals surface area contributed by atoms with Gasteiger partial charge in [-0.3, -0.25) is 0 Å². The first-order valence-corrected chi connectivity index (χ1v) is 4.52. The summed E-state index contributed by atoms with van der Waals surface area (Å²) in [6.45, 7) is 5.94. The topological polar surface area (TPSA) is 0 Å². The molecule has 0 aromatic rings. The third kappa shape index (κ3) is 1.17. The summed E-state index contributed by atoms with van der Waals surface area (Å²) in [5, 5.41) is 0. The van der Waals surface area contributed by atoms with Crippen molar-refractivity contribution in [1.82, 2.24) is 0 Å². The van der Waals surface area contributed by atoms with Crippen LogP contribution in [0.1, 0.15) is 33.6 Å². The highest BCUT2D eigenvalue weighted by Gasteiger charge is 2.71. The van der Waals surface area contributed by atoms with Crippen LogP contribution in [0.5, 0.6) is 0 Å². The first-order valence-electron chi connectivity index (χ1n) is 4.52. The van der Waals surface area contributed by atoms with Gasteiger partial charge in [0.05, 0.1) is 0 Å². The van der Waals surface area contributed by atoms with Crippen molar-refractivity contribution in [2.45, 2.75) is 39.5 Å². The van der Waals surface area contributed by atoms with Gasteiger partial charge in [0.2, 0.25) is 0 Å². The summed E-state index contributed by atoms with van der Waals surface area (Å²) >= 11 is 0. The standard InChI is InChI=1S/C7H10F2.C2H6/c1-4-2-3-5-6(4)7(5,8)9;1-2/h4-6H,2-3H2,1H3;1-2H3. The minimum atomic E-state index is -2.27. The third-order valence-corrected chi connectivity index (χ3v) is 2.81. The number of hydrogen-bond acceptors (Lipinski definition) is 0. The lowest BCUT2D eigenvalue weighted by atomic mass is 10.1. The fraction of sp³-hybridized carbons (Fsp3) is 1.00. The summed E-state index contributed by atoms with van der Waals surface area (Å²) in [5.41, 5.74) is 0. The minimum Gasteiger partial charge on any atom is -0.206 e. The molecule has 11 heavy (non-hydrogen) atoms. The molecule has 0 heterocycles. The molecule has 0 aromatic heterocycles. The van der Waals surface area contributed by atoms with Gasteiger partial charge < -0.3 is 0 Å². The average Bonchev–Trinajstić information content (AvgIpc) is 2.36. The Balaban J connectivity index is 0.000000281. The number of rotatable bonds is 0. The molecule has 0 bridgehead atoms. The van der Waals surface area contributed by atoms with Gasteiger partial charge in [0.1, 0.15) is 0 Å². The Morgan fingerprint density at radius 3 is 1.91 bits per heavy atom. The summed E-state index contributed by atoms with van der Waals surface area (Å²) in [7, 11) is 0. The van der Waals surface area contributed by atoms with Gasteiger partial charge in [0, 0.05) is 11.8 Å². The van der Waals surface area contributed by atoms with Crippen LogP contribution in [-0.4, -0.2) is 5.92 Å². The van der Waals surface area contributed by atoms with Gasteiger partial charge in [-0.25, -0.2) is 8.78 Å². The molecule has 3 atom stereocenters. The maximum atomic E-state index is 12.5. The largest absolute Gasteiger partial charge is 0.254 e. The van der Waals surface area contributed by atoms with Gasteiger partial charge in [-0.2, -0.15) is 0 Å². The number of halogens is 2. The Morgan fingerprint density at radius 2 is 1.73 bits per heavy atom. The van der Waals surface area contributed by atoms with E-state index in [1.165, 1.54) is 0 Å². The molecule has 0 N–H and O–H groups in total. The number of alkyl halides is 2. The smallest absolute Gasteiger partial charge is 0.206 e. The predicted octanol–water partition coefficient (Wildman–Crippen LogP) is 3.32. The molecule has 2 fully saturated rings. The van der Waals surface area contributed by atoms with E-state index < -0.39 is 5.92 Å². The maximum absolute atomic E-state index is 12.5. The van der Waals surface area contributed by atoms with E-state index in [4.69, 9.17) is 0 Å². The van der Waals surface area contributed by atoms with Crippen molar-refractivity contribution < 1.29 is 8.78 Å². The summed E-state index contributed by atoms with van der Waals surface area (Å²) in [5.74, 6) is -2.45. The average molecular weight is 162 g/mol. The summed E-state index contributed by atoms with van der Waals surface area (Å²) < 4.78 is 25.0. The molecule has 3 unspecified atom stereocenters. The molecule has 0 radical (unpaired) electrons. The Kier molecular flexibility index (Phi) is 2.22. The van der Waals surface area contributed by atoms with Gasteiger partial charge >= 0.3 is 0 Å². The quantitative estimate of drug-likeness (QED) is 0.512. The molecular formula is C9H16F2. The fourth-order valence-electron chi connectivity index (χ4n) is 2.19. The van der Waals surface area contributed by atoms with Crippen LogP contribution in [0, 0.1) is 17.8 Å². The van der Waals surface area contributed by atoms with Crippen molar-refractivity contribution >= 4 is 0 Å². The van der Waals surface area contributed by atoms with E-state index in [-0.39, 0.29) is 17.8 Å². The summed E-state index contributed by atoms with van der Waals surface area (Å²) in [6, 6.07) is 0. The van der Waals surface area contributed by atoms with Gasteiger partial charge in [-0.15, -0.1) is 0 Å². The Labute approximate surface area is 67.0 Å². The van der Waals surface area contributed by atoms with E-state index in [1.807, 2.05) is 20.8 Å². The zero-order valence-electron chi connectivity index (χ0n) is 7.40. The van der Waals surface area contributed by atoms with Crippen molar-refractivity contribution in [1.29, 1.82) is 0 Å². The number of hydrogen-bond donors (Lipinski definition) is 0. The van der Waals surface area contributed by atoms with Crippen LogP contribution >= 0.6 is 0 Å². The first kappa shape index (κ1) is 8.95. The Bertz CT molecular complexity index is 142. The van der Waals surface area contributed by atoms with Crippen LogP contribution < -0.4 is 0 Å². The van der Waals surface area contributed by atoms with E-state index in [0.717, 1.165) is 12.8 Å². The first-order chi connectivity index (χ1) is 5.14. The third-order valence-electron chi connectivity index (χ3n) is 2.81. The highest BCUT2D eigenvalue weighted by Crippen LogP contribution is 2.66. The van der Waals surface area contributed by atoms with E-state index in [0.29, 0.717) is 0 Å². The molecule has 0 spiro atoms. The van der Waals surface area contributed by atoms with Gasteiger partial charge in [0.25, 0.3) is 5.92 Å². The molecule has 0 amide bonds. The predicted molar refractivity (Wildman–Crippen MR) is 41.7 cm³/mol. The summed E-state index contributed by atoms with van der Waals surface area (Å²) in [6.07, 6.45) is 1.78. The lowest BCUT2D eigenvalue weighted by molar-refractivity contribution is 0.0620. The molecule has 2 saturated carbocycles. The molecular weight excluding hydrogens is 146 g/mol. The molecule has 0 saturated heterocycles. The van der Waals surface area contributed by atoms with Crippen LogP contribution in [0.25, 0.3) is 0 Å². The van der Waals surface area contributed by atoms with Gasteiger partial charge in [0.15, 0.2) is 0 Å². The minimum absolute atomic E-state index is 0.229. The fourth-order valence-corrected chi connectivity index (χ4v) is 2.19. The van der Waals surface area contributed by atoms with E-state index in [2.05, 4.69) is 0 Å². The molecule has 0 aromatic carbocycles. The molecule has 0 nitrogen and oxygen atoms in total. The Hall–Kier alpha value is -0.140. The van der Waals surface area contributed by atoms with Gasteiger partial charge in [-0.1, -0.05) is 20.8 Å². The van der Waals surface area contributed by atoms with E-state index in [1.54, 1.807) is 0 Å². The highest BCUT2D eigenvalue weighted by molar-refractivity contribution is 5.11. The van der Waals surface area contributed by atoms with Crippen LogP contribution in [0.4, 0.5) is 8.78 Å². The second kappa shape index (κ2) is 2.72. The van der Waals surface area contributed by atoms with Crippen LogP contribution in [0.3, 0.4) is 0 Å². The normalized spacial score (nSPS) is 43.9. The monoisotopic (exact) mass is 162 g/mol. The molecule has 0 aliphatic heterocycles. The highest BCUT2D eigenvalue weighted by atomic mass is 19.3. The maximum Gasteiger partial charge on any atom is 0.254 e. The zero-order valence-corrected chi connectivity index (χ0v) is 7.40. The van der Waals surface area contributed by atoms with Crippen molar-refractivity contribution in [3.05, 3.63) is 0 Å². The van der Waals surface area contributed by atoms with Gasteiger partial charge in [-0.05, 0) is 18.8 Å². The Morgan fingerprint density at radius 1 is 1.18 bits per heavy atom. The van der Waals surface area contributed by atoms with E-state index in [9.17, 15) is 8.78 Å². The lowest BCUT2D eigenvalue weighted by Gasteiger charge is -2.05. The second-order valence-electron chi connectivity index (χ2n) is 3.36. The van der Waals surface area contributed by atoms with Crippen molar-refractivity contribution in [2.75, 3.05) is 0 Å². The van der Waals surface area contributed by atoms with Crippen molar-refractivity contribution in [3.8, 4) is 0 Å².